The maximum absolute atomic E-state index is 12.5. The lowest BCUT2D eigenvalue weighted by molar-refractivity contribution is -0.929. The fourth-order valence-electron chi connectivity index (χ4n) is 3.23. The number of anilines is 1. The van der Waals surface area contributed by atoms with Gasteiger partial charge in [-0.25, -0.2) is 4.98 Å². The normalized spacial score (nSPS) is 16.1. The average molecular weight is 429 g/mol. The highest BCUT2D eigenvalue weighted by Gasteiger charge is 2.24. The highest BCUT2D eigenvalue weighted by atomic mass is 79.9. The van der Waals surface area contributed by atoms with Crippen LogP contribution in [0.2, 0.25) is 0 Å². The van der Waals surface area contributed by atoms with Crippen molar-refractivity contribution in [1.82, 2.24) is 4.98 Å². The third kappa shape index (κ3) is 3.87. The molecule has 1 aromatic heterocycles. The molecule has 1 aliphatic heterocycles. The molecule has 6 heteroatoms. The van der Waals surface area contributed by atoms with E-state index in [0.29, 0.717) is 10.7 Å². The predicted octanol–water partition coefficient (Wildman–Crippen LogP) is 3.30. The summed E-state index contributed by atoms with van der Waals surface area (Å²) < 4.78 is 0.789. The van der Waals surface area contributed by atoms with Gasteiger partial charge in [-0.05, 0) is 28.1 Å². The molecule has 132 valence electrons. The van der Waals surface area contributed by atoms with Crippen molar-refractivity contribution in [3.63, 3.8) is 0 Å². The number of aromatic nitrogens is 1. The molecule has 1 aliphatic rings. The Morgan fingerprint density at radius 1 is 1.15 bits per heavy atom. The molecule has 0 spiro atoms. The van der Waals surface area contributed by atoms with E-state index in [1.165, 1.54) is 15.3 Å². The zero-order valence-electron chi connectivity index (χ0n) is 14.2. The summed E-state index contributed by atoms with van der Waals surface area (Å²) in [5, 5.41) is 3.64. The molecule has 1 atom stereocenters. The average Bonchev–Trinajstić information content (AvgIpc) is 3.04. The highest BCUT2D eigenvalue weighted by molar-refractivity contribution is 9.10. The van der Waals surface area contributed by atoms with E-state index in [-0.39, 0.29) is 5.91 Å². The lowest BCUT2D eigenvalue weighted by Gasteiger charge is -2.22. The highest BCUT2D eigenvalue weighted by Crippen LogP contribution is 2.26. The minimum atomic E-state index is -0.128. The minimum Gasteiger partial charge on any atom is -0.326 e. The van der Waals surface area contributed by atoms with Gasteiger partial charge in [0.05, 0.1) is 22.7 Å². The van der Waals surface area contributed by atoms with E-state index in [1.54, 1.807) is 17.4 Å². The van der Waals surface area contributed by atoms with Gasteiger partial charge in [0.25, 0.3) is 5.91 Å². The number of carbonyl (C=O) groups is 1. The van der Waals surface area contributed by atoms with Gasteiger partial charge >= 0.3 is 0 Å². The number of hydrogen-bond donors (Lipinski definition) is 2. The van der Waals surface area contributed by atoms with Gasteiger partial charge in [-0.1, -0.05) is 53.8 Å². The predicted molar refractivity (Wildman–Crippen MR) is 108 cm³/mol. The van der Waals surface area contributed by atoms with Crippen LogP contribution in [0, 0.1) is 0 Å². The minimum absolute atomic E-state index is 0.128. The number of amides is 1. The number of halogens is 1. The molecule has 0 saturated heterocycles. The summed E-state index contributed by atoms with van der Waals surface area (Å²) in [7, 11) is 0. The smallest absolute Gasteiger partial charge is 0.258 e. The molecule has 1 unspecified atom stereocenters. The summed E-state index contributed by atoms with van der Waals surface area (Å²) >= 11 is 5.02. The maximum Gasteiger partial charge on any atom is 0.258 e. The van der Waals surface area contributed by atoms with Gasteiger partial charge in [-0.15, -0.1) is 0 Å². The number of nitrogens with one attached hydrogen (secondary N) is 2. The summed E-state index contributed by atoms with van der Waals surface area (Å²) in [6.45, 7) is 3.06. The van der Waals surface area contributed by atoms with Crippen molar-refractivity contribution in [3.8, 4) is 0 Å². The molecule has 3 aromatic rings. The largest absolute Gasteiger partial charge is 0.326 e. The number of fused-ring (bicyclic) bond motifs is 1. The fraction of sp³-hybridized carbons (Fsp3) is 0.200. The van der Waals surface area contributed by atoms with Crippen LogP contribution in [0.1, 0.15) is 26.5 Å². The van der Waals surface area contributed by atoms with E-state index in [9.17, 15) is 4.79 Å². The Morgan fingerprint density at radius 2 is 1.92 bits per heavy atom. The Bertz CT molecular complexity index is 926. The molecular formula is C20H19BrN3OS+. The number of hydrogen-bond acceptors (Lipinski definition) is 3. The number of nitrogens with zero attached hydrogens (tertiary/aromatic N) is 1. The lowest BCUT2D eigenvalue weighted by atomic mass is 10.1. The zero-order chi connectivity index (χ0) is 17.9. The molecule has 0 bridgehead atoms. The van der Waals surface area contributed by atoms with Gasteiger partial charge in [-0.2, -0.15) is 0 Å². The molecular weight excluding hydrogens is 410 g/mol. The Morgan fingerprint density at radius 3 is 2.73 bits per heavy atom. The quantitative estimate of drug-likeness (QED) is 0.669. The van der Waals surface area contributed by atoms with Crippen LogP contribution >= 0.6 is 27.3 Å². The van der Waals surface area contributed by atoms with Crippen molar-refractivity contribution >= 4 is 38.3 Å². The molecule has 0 saturated carbocycles. The van der Waals surface area contributed by atoms with Crippen LogP contribution < -0.4 is 10.2 Å². The first kappa shape index (κ1) is 17.4. The second-order valence-electron chi connectivity index (χ2n) is 6.41. The van der Waals surface area contributed by atoms with Crippen molar-refractivity contribution in [2.75, 3.05) is 11.9 Å². The van der Waals surface area contributed by atoms with Gasteiger partial charge in [0.1, 0.15) is 13.1 Å². The summed E-state index contributed by atoms with van der Waals surface area (Å²) in [4.78, 5) is 19.9. The standard InChI is InChI=1S/C20H18BrN3OS/c21-16-9-5-4-8-15(16)19(25)23-20-22-17-10-11-24(13-18(17)26-20)12-14-6-2-1-3-7-14/h1-9H,10-13H2,(H,22,23,25)/p+1. The van der Waals surface area contributed by atoms with Crippen molar-refractivity contribution in [1.29, 1.82) is 0 Å². The molecule has 1 amide bonds. The van der Waals surface area contributed by atoms with Crippen molar-refractivity contribution in [2.45, 2.75) is 19.5 Å². The van der Waals surface area contributed by atoms with Crippen LogP contribution in [0.4, 0.5) is 5.13 Å². The SMILES string of the molecule is O=C(Nc1nc2c(s1)C[NH+](Cc1ccccc1)CC2)c1ccccc1Br. The van der Waals surface area contributed by atoms with E-state index in [1.807, 2.05) is 18.2 Å². The molecule has 4 nitrogen and oxygen atoms in total. The third-order valence-electron chi connectivity index (χ3n) is 4.54. The molecule has 2 aromatic carbocycles. The first-order valence-electron chi connectivity index (χ1n) is 8.61. The number of rotatable bonds is 4. The Kier molecular flexibility index (Phi) is 5.15. The molecule has 2 heterocycles. The summed E-state index contributed by atoms with van der Waals surface area (Å²) in [5.74, 6) is -0.128. The van der Waals surface area contributed by atoms with Crippen LogP contribution in [0.25, 0.3) is 0 Å². The molecule has 26 heavy (non-hydrogen) atoms. The molecule has 0 radical (unpaired) electrons. The second-order valence-corrected chi connectivity index (χ2v) is 8.35. The van der Waals surface area contributed by atoms with E-state index < -0.39 is 0 Å². The zero-order valence-corrected chi connectivity index (χ0v) is 16.6. The van der Waals surface area contributed by atoms with Crippen LogP contribution in [-0.4, -0.2) is 17.4 Å². The second kappa shape index (κ2) is 7.70. The number of benzene rings is 2. The van der Waals surface area contributed by atoms with Crippen LogP contribution in [0.3, 0.4) is 0 Å². The van der Waals surface area contributed by atoms with Gasteiger partial charge in [-0.3, -0.25) is 10.1 Å². The summed E-state index contributed by atoms with van der Waals surface area (Å²) in [6.07, 6.45) is 0.957. The van der Waals surface area contributed by atoms with Crippen molar-refractivity contribution in [2.24, 2.45) is 0 Å². The first-order chi connectivity index (χ1) is 12.7. The maximum atomic E-state index is 12.5. The van der Waals surface area contributed by atoms with E-state index in [2.05, 4.69) is 56.6 Å². The fourth-order valence-corrected chi connectivity index (χ4v) is 4.77. The monoisotopic (exact) mass is 428 g/mol. The van der Waals surface area contributed by atoms with Crippen molar-refractivity contribution < 1.29 is 9.69 Å². The third-order valence-corrected chi connectivity index (χ3v) is 6.24. The Labute approximate surface area is 165 Å². The molecule has 0 aliphatic carbocycles. The van der Waals surface area contributed by atoms with Gasteiger partial charge in [0.15, 0.2) is 5.13 Å². The number of thiazole rings is 1. The summed E-state index contributed by atoms with van der Waals surface area (Å²) in [5.41, 5.74) is 3.11. The van der Waals surface area contributed by atoms with Crippen LogP contribution in [0.15, 0.2) is 59.1 Å². The van der Waals surface area contributed by atoms with Gasteiger partial charge < -0.3 is 4.90 Å². The lowest BCUT2D eigenvalue weighted by Crippen LogP contribution is -3.10. The molecule has 4 rings (SSSR count). The van der Waals surface area contributed by atoms with Crippen LogP contribution in [0.5, 0.6) is 0 Å². The Hall–Kier alpha value is -2.02. The van der Waals surface area contributed by atoms with Crippen molar-refractivity contribution in [3.05, 3.63) is 80.8 Å². The van der Waals surface area contributed by atoms with Crippen LogP contribution in [-0.2, 0) is 19.5 Å². The molecule has 2 N–H and O–H groups in total. The molecule has 0 fully saturated rings. The first-order valence-corrected chi connectivity index (χ1v) is 10.2. The van der Waals surface area contributed by atoms with E-state index in [4.69, 9.17) is 0 Å². The topological polar surface area (TPSA) is 46.4 Å². The Balaban J connectivity index is 1.44. The number of carbonyl (C=O) groups excluding carboxylic acids is 1. The van der Waals surface area contributed by atoms with E-state index in [0.717, 1.165) is 36.2 Å². The van der Waals surface area contributed by atoms with Gasteiger partial charge in [0.2, 0.25) is 0 Å². The summed E-state index contributed by atoms with van der Waals surface area (Å²) in [6, 6.07) is 18.0. The van der Waals surface area contributed by atoms with E-state index >= 15 is 0 Å². The number of quaternary nitrogens is 1. The van der Waals surface area contributed by atoms with Gasteiger partial charge in [0, 0.05) is 16.5 Å².